The number of hydrogen-bond acceptors (Lipinski definition) is 4. The molecule has 3 nitrogen and oxygen atoms in total. The molecule has 4 heteroatoms. The molecule has 1 aliphatic rings. The average molecular weight is 245 g/mol. The van der Waals surface area contributed by atoms with E-state index >= 15 is 0 Å². The molecule has 0 aliphatic heterocycles. The van der Waals surface area contributed by atoms with Crippen molar-refractivity contribution in [1.82, 2.24) is 9.97 Å². The molecular formula is C13H15N3S. The van der Waals surface area contributed by atoms with Gasteiger partial charge in [-0.3, -0.25) is 4.98 Å². The SMILES string of the molecule is Cc1ccc(-c2csc(NCC3CC3)n2)cn1. The first-order chi connectivity index (χ1) is 8.31. The van der Waals surface area contributed by atoms with Gasteiger partial charge in [-0.05, 0) is 37.8 Å². The molecule has 3 rings (SSSR count). The van der Waals surface area contributed by atoms with Crippen LogP contribution in [0.25, 0.3) is 11.3 Å². The fourth-order valence-corrected chi connectivity index (χ4v) is 2.39. The Morgan fingerprint density at radius 2 is 2.29 bits per heavy atom. The van der Waals surface area contributed by atoms with Crippen molar-refractivity contribution >= 4 is 16.5 Å². The molecule has 1 N–H and O–H groups in total. The Hall–Kier alpha value is -1.42. The molecule has 88 valence electrons. The van der Waals surface area contributed by atoms with E-state index in [2.05, 4.69) is 26.7 Å². The lowest BCUT2D eigenvalue weighted by Gasteiger charge is -1.99. The van der Waals surface area contributed by atoms with Crippen LogP contribution in [0, 0.1) is 12.8 Å². The summed E-state index contributed by atoms with van der Waals surface area (Å²) >= 11 is 1.67. The lowest BCUT2D eigenvalue weighted by Crippen LogP contribution is -2.02. The van der Waals surface area contributed by atoms with Crippen molar-refractivity contribution in [3.63, 3.8) is 0 Å². The van der Waals surface area contributed by atoms with Gasteiger partial charge in [0.25, 0.3) is 0 Å². The maximum Gasteiger partial charge on any atom is 0.183 e. The van der Waals surface area contributed by atoms with Gasteiger partial charge >= 0.3 is 0 Å². The van der Waals surface area contributed by atoms with Crippen molar-refractivity contribution in [2.75, 3.05) is 11.9 Å². The normalized spacial score (nSPS) is 14.9. The Balaban J connectivity index is 1.72. The molecule has 2 heterocycles. The number of rotatable bonds is 4. The summed E-state index contributed by atoms with van der Waals surface area (Å²) in [6, 6.07) is 4.09. The van der Waals surface area contributed by atoms with Crippen LogP contribution in [-0.2, 0) is 0 Å². The molecule has 0 atom stereocenters. The molecule has 1 saturated carbocycles. The highest BCUT2D eigenvalue weighted by Gasteiger charge is 2.21. The first kappa shape index (κ1) is 10.7. The summed E-state index contributed by atoms with van der Waals surface area (Å²) in [5.74, 6) is 0.878. The van der Waals surface area contributed by atoms with E-state index in [0.29, 0.717) is 0 Å². The van der Waals surface area contributed by atoms with Gasteiger partial charge in [0.2, 0.25) is 0 Å². The Labute approximate surface area is 105 Å². The van der Waals surface area contributed by atoms with Crippen LogP contribution in [-0.4, -0.2) is 16.5 Å². The summed E-state index contributed by atoms with van der Waals surface area (Å²) in [6.07, 6.45) is 4.62. The van der Waals surface area contributed by atoms with Gasteiger partial charge in [-0.1, -0.05) is 0 Å². The quantitative estimate of drug-likeness (QED) is 0.897. The highest BCUT2D eigenvalue weighted by molar-refractivity contribution is 7.14. The van der Waals surface area contributed by atoms with Crippen LogP contribution in [0.2, 0.25) is 0 Å². The first-order valence-electron chi connectivity index (χ1n) is 5.94. The van der Waals surface area contributed by atoms with Gasteiger partial charge < -0.3 is 5.32 Å². The van der Waals surface area contributed by atoms with Crippen molar-refractivity contribution in [3.8, 4) is 11.3 Å². The molecule has 0 bridgehead atoms. The fraction of sp³-hybridized carbons (Fsp3) is 0.385. The van der Waals surface area contributed by atoms with Gasteiger partial charge in [0.05, 0.1) is 5.69 Å². The molecule has 0 aromatic carbocycles. The predicted octanol–water partition coefficient (Wildman–Crippen LogP) is 3.34. The third kappa shape index (κ3) is 2.64. The van der Waals surface area contributed by atoms with Crippen molar-refractivity contribution in [1.29, 1.82) is 0 Å². The third-order valence-corrected chi connectivity index (χ3v) is 3.75. The van der Waals surface area contributed by atoms with Crippen molar-refractivity contribution in [2.45, 2.75) is 19.8 Å². The monoisotopic (exact) mass is 245 g/mol. The summed E-state index contributed by atoms with van der Waals surface area (Å²) in [4.78, 5) is 8.87. The largest absolute Gasteiger partial charge is 0.361 e. The number of nitrogens with zero attached hydrogens (tertiary/aromatic N) is 2. The van der Waals surface area contributed by atoms with Gasteiger partial charge in [-0.15, -0.1) is 11.3 Å². The first-order valence-corrected chi connectivity index (χ1v) is 6.81. The van der Waals surface area contributed by atoms with Crippen LogP contribution < -0.4 is 5.32 Å². The minimum absolute atomic E-state index is 0.878. The maximum atomic E-state index is 4.58. The van der Waals surface area contributed by atoms with Crippen LogP contribution in [0.4, 0.5) is 5.13 Å². The van der Waals surface area contributed by atoms with Crippen LogP contribution in [0.15, 0.2) is 23.7 Å². The number of thiazole rings is 1. The predicted molar refractivity (Wildman–Crippen MR) is 71.3 cm³/mol. The summed E-state index contributed by atoms with van der Waals surface area (Å²) < 4.78 is 0. The number of hydrogen-bond donors (Lipinski definition) is 1. The molecule has 0 radical (unpaired) electrons. The molecule has 0 saturated heterocycles. The highest BCUT2D eigenvalue weighted by Crippen LogP contribution is 2.30. The van der Waals surface area contributed by atoms with Gasteiger partial charge in [0, 0.05) is 29.4 Å². The van der Waals surface area contributed by atoms with E-state index in [1.54, 1.807) is 11.3 Å². The third-order valence-electron chi connectivity index (χ3n) is 2.95. The standard InChI is InChI=1S/C13H15N3S/c1-9-2-5-11(7-14-9)12-8-17-13(16-12)15-6-10-3-4-10/h2,5,7-8,10H,3-4,6H2,1H3,(H,15,16). The van der Waals surface area contributed by atoms with Gasteiger partial charge in [0.1, 0.15) is 0 Å². The number of anilines is 1. The summed E-state index contributed by atoms with van der Waals surface area (Å²) in [7, 11) is 0. The molecular weight excluding hydrogens is 230 g/mol. The van der Waals surface area contributed by atoms with Gasteiger partial charge in [-0.2, -0.15) is 0 Å². The summed E-state index contributed by atoms with van der Waals surface area (Å²) in [5, 5.41) is 6.50. The average Bonchev–Trinajstić information content (AvgIpc) is 3.06. The molecule has 0 unspecified atom stereocenters. The Morgan fingerprint density at radius 3 is 3.00 bits per heavy atom. The Morgan fingerprint density at radius 1 is 1.41 bits per heavy atom. The lowest BCUT2D eigenvalue weighted by atomic mass is 10.2. The minimum atomic E-state index is 0.878. The second-order valence-corrected chi connectivity index (χ2v) is 5.41. The second kappa shape index (κ2) is 4.45. The molecule has 1 fully saturated rings. The number of aromatic nitrogens is 2. The van der Waals surface area contributed by atoms with Crippen LogP contribution in [0.5, 0.6) is 0 Å². The van der Waals surface area contributed by atoms with E-state index in [-0.39, 0.29) is 0 Å². The van der Waals surface area contributed by atoms with Crippen LogP contribution >= 0.6 is 11.3 Å². The van der Waals surface area contributed by atoms with E-state index in [9.17, 15) is 0 Å². The van der Waals surface area contributed by atoms with E-state index in [4.69, 9.17) is 0 Å². The van der Waals surface area contributed by atoms with E-state index in [1.165, 1.54) is 12.8 Å². The number of pyridine rings is 1. The zero-order valence-corrected chi connectivity index (χ0v) is 10.6. The van der Waals surface area contributed by atoms with E-state index < -0.39 is 0 Å². The zero-order valence-electron chi connectivity index (χ0n) is 9.81. The number of aryl methyl sites for hydroxylation is 1. The lowest BCUT2D eigenvalue weighted by molar-refractivity contribution is 0.887. The highest BCUT2D eigenvalue weighted by atomic mass is 32.1. The topological polar surface area (TPSA) is 37.8 Å². The molecule has 1 aliphatic carbocycles. The summed E-state index contributed by atoms with van der Waals surface area (Å²) in [5.41, 5.74) is 3.14. The zero-order chi connectivity index (χ0) is 11.7. The Kier molecular flexibility index (Phi) is 2.81. The van der Waals surface area contributed by atoms with E-state index in [1.807, 2.05) is 19.2 Å². The van der Waals surface area contributed by atoms with Crippen molar-refractivity contribution in [3.05, 3.63) is 29.4 Å². The maximum absolute atomic E-state index is 4.58. The second-order valence-electron chi connectivity index (χ2n) is 4.55. The Bertz CT molecular complexity index is 500. The fourth-order valence-electron chi connectivity index (χ4n) is 1.66. The minimum Gasteiger partial charge on any atom is -0.361 e. The molecule has 17 heavy (non-hydrogen) atoms. The smallest absolute Gasteiger partial charge is 0.183 e. The van der Waals surface area contributed by atoms with Crippen LogP contribution in [0.1, 0.15) is 18.5 Å². The van der Waals surface area contributed by atoms with Crippen molar-refractivity contribution in [2.24, 2.45) is 5.92 Å². The molecule has 0 spiro atoms. The van der Waals surface area contributed by atoms with Crippen molar-refractivity contribution < 1.29 is 0 Å². The summed E-state index contributed by atoms with van der Waals surface area (Å²) in [6.45, 7) is 3.06. The molecule has 2 aromatic heterocycles. The van der Waals surface area contributed by atoms with Crippen LogP contribution in [0.3, 0.4) is 0 Å². The molecule has 2 aromatic rings. The molecule has 0 amide bonds. The van der Waals surface area contributed by atoms with E-state index in [0.717, 1.165) is 34.5 Å². The van der Waals surface area contributed by atoms with Gasteiger partial charge in [-0.25, -0.2) is 4.98 Å². The van der Waals surface area contributed by atoms with Gasteiger partial charge in [0.15, 0.2) is 5.13 Å². The number of nitrogens with one attached hydrogen (secondary N) is 1.